The van der Waals surface area contributed by atoms with E-state index in [1.807, 2.05) is 6.92 Å². The second kappa shape index (κ2) is 10.6. The average molecular weight is 527 g/mol. The van der Waals surface area contributed by atoms with Crippen molar-refractivity contribution in [3.05, 3.63) is 71.8 Å². The van der Waals surface area contributed by atoms with Crippen LogP contribution in [0, 0.1) is 6.92 Å². The number of sulfonamides is 1. The Morgan fingerprint density at radius 2 is 1.65 bits per heavy atom. The molecule has 3 aromatic rings. The first-order valence-corrected chi connectivity index (χ1v) is 13.1. The van der Waals surface area contributed by atoms with E-state index >= 15 is 0 Å². The number of nitrogens with one attached hydrogen (secondary N) is 1. The molecule has 0 saturated heterocycles. The van der Waals surface area contributed by atoms with Gasteiger partial charge in [-0.25, -0.2) is 8.42 Å². The van der Waals surface area contributed by atoms with Crippen molar-refractivity contribution in [2.75, 3.05) is 32.2 Å². The van der Waals surface area contributed by atoms with Crippen LogP contribution in [0.5, 0.6) is 23.0 Å². The standard InChI is InChI=1S/C27H30N2O7S/c1-17-6-12-25-23(14-17)29(37(31,32)21-10-7-19(33-3)8-11-21)16-26(36-25)27(30)28-18(2)22-15-20(34-4)9-13-24(22)35-5/h6-15,18,26H,16H2,1-5H3,(H,28,30)/t18-,26+/m1/s1. The zero-order chi connectivity index (χ0) is 26.7. The number of carbonyl (C=O) groups is 1. The van der Waals surface area contributed by atoms with Gasteiger partial charge in [0.15, 0.2) is 6.10 Å². The molecule has 10 heteroatoms. The third-order valence-corrected chi connectivity index (χ3v) is 7.98. The maximum atomic E-state index is 13.7. The van der Waals surface area contributed by atoms with Crippen molar-refractivity contribution in [3.8, 4) is 23.0 Å². The van der Waals surface area contributed by atoms with Crippen LogP contribution in [-0.4, -0.2) is 48.3 Å². The molecule has 1 heterocycles. The molecule has 0 aromatic heterocycles. The van der Waals surface area contributed by atoms with Crippen LogP contribution in [0.15, 0.2) is 65.6 Å². The molecule has 0 spiro atoms. The summed E-state index contributed by atoms with van der Waals surface area (Å²) in [5.41, 5.74) is 1.95. The molecule has 0 radical (unpaired) electrons. The van der Waals surface area contributed by atoms with Crippen LogP contribution >= 0.6 is 0 Å². The van der Waals surface area contributed by atoms with Crippen molar-refractivity contribution in [1.29, 1.82) is 0 Å². The third kappa shape index (κ3) is 5.29. The topological polar surface area (TPSA) is 103 Å². The highest BCUT2D eigenvalue weighted by atomic mass is 32.2. The predicted molar refractivity (Wildman–Crippen MR) is 139 cm³/mol. The zero-order valence-corrected chi connectivity index (χ0v) is 22.2. The van der Waals surface area contributed by atoms with Gasteiger partial charge >= 0.3 is 0 Å². The summed E-state index contributed by atoms with van der Waals surface area (Å²) in [6, 6.07) is 16.2. The van der Waals surface area contributed by atoms with E-state index < -0.39 is 28.1 Å². The molecular formula is C27H30N2O7S. The second-order valence-electron chi connectivity index (χ2n) is 8.63. The van der Waals surface area contributed by atoms with Crippen molar-refractivity contribution < 1.29 is 32.2 Å². The third-order valence-electron chi connectivity index (χ3n) is 6.19. The van der Waals surface area contributed by atoms with Crippen LogP contribution in [0.4, 0.5) is 5.69 Å². The number of hydrogen-bond donors (Lipinski definition) is 1. The van der Waals surface area contributed by atoms with Crippen molar-refractivity contribution in [2.45, 2.75) is 30.9 Å². The number of amides is 1. The number of rotatable bonds is 8. The molecule has 1 aliphatic heterocycles. The summed E-state index contributed by atoms with van der Waals surface area (Å²) in [5.74, 6) is 1.59. The molecule has 0 fully saturated rings. The summed E-state index contributed by atoms with van der Waals surface area (Å²) in [5, 5.41) is 2.92. The van der Waals surface area contributed by atoms with Crippen molar-refractivity contribution >= 4 is 21.6 Å². The summed E-state index contributed by atoms with van der Waals surface area (Å²) < 4.78 is 50.5. The van der Waals surface area contributed by atoms with E-state index in [0.717, 1.165) is 5.56 Å². The number of carbonyl (C=O) groups excluding carboxylic acids is 1. The number of anilines is 1. The highest BCUT2D eigenvalue weighted by molar-refractivity contribution is 7.92. The quantitative estimate of drug-likeness (QED) is 0.476. The summed E-state index contributed by atoms with van der Waals surface area (Å²) in [6.45, 7) is 3.47. The number of nitrogens with zero attached hydrogens (tertiary/aromatic N) is 1. The number of fused-ring (bicyclic) bond motifs is 1. The van der Waals surface area contributed by atoms with Crippen LogP contribution < -0.4 is 28.6 Å². The number of benzene rings is 3. The maximum absolute atomic E-state index is 13.7. The Morgan fingerprint density at radius 3 is 2.30 bits per heavy atom. The monoisotopic (exact) mass is 526 g/mol. The van der Waals surface area contributed by atoms with Crippen LogP contribution in [0.3, 0.4) is 0 Å². The molecule has 196 valence electrons. The number of ether oxygens (including phenoxy) is 4. The largest absolute Gasteiger partial charge is 0.497 e. The molecule has 2 atom stereocenters. The van der Waals surface area contributed by atoms with Gasteiger partial charge in [-0.05, 0) is 74.0 Å². The van der Waals surface area contributed by atoms with E-state index in [1.165, 1.54) is 23.5 Å². The SMILES string of the molecule is COc1ccc(S(=O)(=O)N2C[C@@H](C(=O)N[C@H](C)c3cc(OC)ccc3OC)Oc3ccc(C)cc32)cc1. The molecule has 4 rings (SSSR count). The average Bonchev–Trinajstić information content (AvgIpc) is 2.91. The van der Waals surface area contributed by atoms with Crippen molar-refractivity contribution in [2.24, 2.45) is 0 Å². The summed E-state index contributed by atoms with van der Waals surface area (Å²) in [6.07, 6.45) is -1.08. The predicted octanol–water partition coefficient (Wildman–Crippen LogP) is 3.85. The lowest BCUT2D eigenvalue weighted by atomic mass is 10.1. The molecule has 0 unspecified atom stereocenters. The van der Waals surface area contributed by atoms with Crippen LogP contribution in [0.1, 0.15) is 24.1 Å². The smallest absolute Gasteiger partial charge is 0.264 e. The molecule has 1 aliphatic rings. The van der Waals surface area contributed by atoms with Gasteiger partial charge in [0.25, 0.3) is 15.9 Å². The fourth-order valence-corrected chi connectivity index (χ4v) is 5.63. The Labute approximate surface area is 217 Å². The minimum absolute atomic E-state index is 0.0799. The lowest BCUT2D eigenvalue weighted by molar-refractivity contribution is -0.128. The minimum atomic E-state index is -4.00. The summed E-state index contributed by atoms with van der Waals surface area (Å²) in [4.78, 5) is 13.4. The number of methoxy groups -OCH3 is 3. The lowest BCUT2D eigenvalue weighted by Crippen LogP contribution is -2.51. The fraction of sp³-hybridized carbons (Fsp3) is 0.296. The van der Waals surface area contributed by atoms with Crippen molar-refractivity contribution in [3.63, 3.8) is 0 Å². The van der Waals surface area contributed by atoms with Gasteiger partial charge in [-0.1, -0.05) is 6.07 Å². The van der Waals surface area contributed by atoms with E-state index in [9.17, 15) is 13.2 Å². The lowest BCUT2D eigenvalue weighted by Gasteiger charge is -2.35. The molecule has 0 aliphatic carbocycles. The van der Waals surface area contributed by atoms with E-state index in [0.29, 0.717) is 34.2 Å². The second-order valence-corrected chi connectivity index (χ2v) is 10.5. The molecule has 37 heavy (non-hydrogen) atoms. The van der Waals surface area contributed by atoms with Gasteiger partial charge in [0, 0.05) is 5.56 Å². The molecule has 0 saturated carbocycles. The first-order chi connectivity index (χ1) is 17.7. The van der Waals surface area contributed by atoms with Crippen LogP contribution in [0.2, 0.25) is 0 Å². The first-order valence-electron chi connectivity index (χ1n) is 11.6. The van der Waals surface area contributed by atoms with E-state index in [1.54, 1.807) is 69.7 Å². The Balaban J connectivity index is 1.64. The fourth-order valence-electron chi connectivity index (χ4n) is 4.16. The van der Waals surface area contributed by atoms with E-state index in [-0.39, 0.29) is 11.4 Å². The highest BCUT2D eigenvalue weighted by Crippen LogP contribution is 2.38. The van der Waals surface area contributed by atoms with Crippen LogP contribution in [0.25, 0.3) is 0 Å². The molecule has 0 bridgehead atoms. The normalized spacial score (nSPS) is 15.7. The Hall–Kier alpha value is -3.92. The Morgan fingerprint density at radius 1 is 0.973 bits per heavy atom. The zero-order valence-electron chi connectivity index (χ0n) is 21.3. The summed E-state index contributed by atoms with van der Waals surface area (Å²) >= 11 is 0. The maximum Gasteiger partial charge on any atom is 0.264 e. The molecule has 1 amide bonds. The Bertz CT molecular complexity index is 1390. The van der Waals surface area contributed by atoms with E-state index in [2.05, 4.69) is 5.32 Å². The van der Waals surface area contributed by atoms with Crippen molar-refractivity contribution in [1.82, 2.24) is 5.32 Å². The van der Waals surface area contributed by atoms with E-state index in [4.69, 9.17) is 18.9 Å². The Kier molecular flexibility index (Phi) is 7.49. The number of hydrogen-bond acceptors (Lipinski definition) is 7. The van der Waals surface area contributed by atoms with Gasteiger partial charge < -0.3 is 24.3 Å². The molecule has 3 aromatic carbocycles. The van der Waals surface area contributed by atoms with Gasteiger partial charge in [0.2, 0.25) is 0 Å². The first kappa shape index (κ1) is 26.2. The van der Waals surface area contributed by atoms with Gasteiger partial charge in [-0.2, -0.15) is 0 Å². The molecule has 1 N–H and O–H groups in total. The van der Waals surface area contributed by atoms with Gasteiger partial charge in [-0.15, -0.1) is 0 Å². The van der Waals surface area contributed by atoms with Gasteiger partial charge in [-0.3, -0.25) is 9.10 Å². The highest BCUT2D eigenvalue weighted by Gasteiger charge is 2.38. The van der Waals surface area contributed by atoms with Gasteiger partial charge in [0.1, 0.15) is 23.0 Å². The number of aryl methyl sites for hydroxylation is 1. The van der Waals surface area contributed by atoms with Crippen LogP contribution in [-0.2, 0) is 14.8 Å². The minimum Gasteiger partial charge on any atom is -0.497 e. The molecule has 9 nitrogen and oxygen atoms in total. The molecular weight excluding hydrogens is 496 g/mol. The van der Waals surface area contributed by atoms with Gasteiger partial charge in [0.05, 0.1) is 44.5 Å². The summed E-state index contributed by atoms with van der Waals surface area (Å²) in [7, 11) is 0.611.